The highest BCUT2D eigenvalue weighted by Crippen LogP contribution is 2.66. The summed E-state index contributed by atoms with van der Waals surface area (Å²) >= 11 is 0. The lowest BCUT2D eigenvalue weighted by molar-refractivity contribution is -0.344. The highest BCUT2D eigenvalue weighted by Gasteiger charge is 2.65. The van der Waals surface area contributed by atoms with Crippen LogP contribution in [0.3, 0.4) is 0 Å². The van der Waals surface area contributed by atoms with E-state index in [1.165, 1.54) is 0 Å². The van der Waals surface area contributed by atoms with E-state index in [0.29, 0.717) is 5.92 Å². The summed E-state index contributed by atoms with van der Waals surface area (Å²) in [6.45, 7) is 14.9. The van der Waals surface area contributed by atoms with E-state index in [4.69, 9.17) is 14.2 Å². The molecule has 2 heterocycles. The van der Waals surface area contributed by atoms with E-state index in [-0.39, 0.29) is 34.1 Å². The monoisotopic (exact) mass is 468 g/mol. The van der Waals surface area contributed by atoms with Gasteiger partial charge in [-0.05, 0) is 69.6 Å². The van der Waals surface area contributed by atoms with Crippen LogP contribution in [-0.2, 0) is 14.2 Å². The van der Waals surface area contributed by atoms with E-state index in [9.17, 15) is 20.4 Å². The van der Waals surface area contributed by atoms with Crippen molar-refractivity contribution in [2.75, 3.05) is 6.61 Å². The number of aliphatic hydroxyl groups is 4. The van der Waals surface area contributed by atoms with Gasteiger partial charge in [0.2, 0.25) is 0 Å². The van der Waals surface area contributed by atoms with Gasteiger partial charge in [0.05, 0.1) is 23.9 Å². The van der Waals surface area contributed by atoms with E-state index >= 15 is 0 Å². The average Bonchev–Trinajstić information content (AvgIpc) is 2.75. The van der Waals surface area contributed by atoms with Gasteiger partial charge in [-0.15, -0.1) is 6.58 Å². The Morgan fingerprint density at radius 3 is 2.21 bits per heavy atom. The van der Waals surface area contributed by atoms with Crippen LogP contribution in [0.15, 0.2) is 12.7 Å². The molecule has 0 spiro atoms. The van der Waals surface area contributed by atoms with E-state index in [0.717, 1.165) is 38.5 Å². The Balaban J connectivity index is 1.66. The van der Waals surface area contributed by atoms with Crippen LogP contribution in [-0.4, -0.2) is 75.0 Å². The summed E-state index contributed by atoms with van der Waals surface area (Å²) in [4.78, 5) is 0. The first-order chi connectivity index (χ1) is 15.3. The lowest BCUT2D eigenvalue weighted by Gasteiger charge is -2.67. The maximum Gasteiger partial charge on any atom is 0.186 e. The minimum absolute atomic E-state index is 0.143. The zero-order valence-electron chi connectivity index (χ0n) is 20.9. The molecule has 33 heavy (non-hydrogen) atoms. The van der Waals surface area contributed by atoms with Gasteiger partial charge < -0.3 is 34.6 Å². The van der Waals surface area contributed by atoms with Gasteiger partial charge in [-0.3, -0.25) is 0 Å². The molecule has 7 nitrogen and oxygen atoms in total. The van der Waals surface area contributed by atoms with Crippen molar-refractivity contribution in [1.29, 1.82) is 0 Å². The van der Waals surface area contributed by atoms with Crippen molar-refractivity contribution in [3.8, 4) is 0 Å². The Kier molecular flexibility index (Phi) is 6.61. The van der Waals surface area contributed by atoms with Crippen LogP contribution < -0.4 is 0 Å². The van der Waals surface area contributed by atoms with E-state index in [1.54, 1.807) is 0 Å². The van der Waals surface area contributed by atoms with Gasteiger partial charge in [-0.2, -0.15) is 0 Å². The molecule has 0 radical (unpaired) electrons. The number of hydrogen-bond donors (Lipinski definition) is 4. The topological polar surface area (TPSA) is 109 Å². The van der Waals surface area contributed by atoms with Crippen molar-refractivity contribution in [3.63, 3.8) is 0 Å². The van der Waals surface area contributed by atoms with Crippen LogP contribution in [0, 0.1) is 22.7 Å². The second kappa shape index (κ2) is 8.54. The fraction of sp³-hybridized carbons (Fsp3) is 0.923. The molecule has 0 amide bonds. The zero-order chi connectivity index (χ0) is 24.4. The summed E-state index contributed by atoms with van der Waals surface area (Å²) in [5.41, 5.74) is -0.732. The van der Waals surface area contributed by atoms with Crippen LogP contribution in [0.5, 0.6) is 0 Å². The van der Waals surface area contributed by atoms with Crippen LogP contribution in [0.25, 0.3) is 0 Å². The van der Waals surface area contributed by atoms with Gasteiger partial charge >= 0.3 is 0 Å². The van der Waals surface area contributed by atoms with Crippen LogP contribution >= 0.6 is 0 Å². The number of fused-ring (bicyclic) bond motifs is 3. The fourth-order valence-electron chi connectivity index (χ4n) is 7.94. The maximum atomic E-state index is 10.6. The first-order valence-corrected chi connectivity index (χ1v) is 12.6. The molecule has 0 aromatic heterocycles. The van der Waals surface area contributed by atoms with Crippen molar-refractivity contribution in [2.45, 2.75) is 121 Å². The van der Waals surface area contributed by atoms with Crippen molar-refractivity contribution in [3.05, 3.63) is 12.7 Å². The molecule has 4 rings (SSSR count). The molecule has 4 fully saturated rings. The minimum Gasteiger partial charge on any atom is -0.394 e. The molecule has 190 valence electrons. The molecule has 0 aromatic carbocycles. The molecule has 11 atom stereocenters. The Morgan fingerprint density at radius 2 is 1.58 bits per heavy atom. The predicted octanol–water partition coefficient (Wildman–Crippen LogP) is 2.54. The smallest absolute Gasteiger partial charge is 0.186 e. The first-order valence-electron chi connectivity index (χ1n) is 12.6. The average molecular weight is 469 g/mol. The highest BCUT2D eigenvalue weighted by atomic mass is 16.7. The number of hydrogen-bond acceptors (Lipinski definition) is 7. The Morgan fingerprint density at radius 1 is 0.909 bits per heavy atom. The summed E-state index contributed by atoms with van der Waals surface area (Å²) in [6.07, 6.45) is 1.12. The molecule has 0 unspecified atom stereocenters. The van der Waals surface area contributed by atoms with E-state index < -0.39 is 37.3 Å². The number of ether oxygens (including phenoxy) is 3. The van der Waals surface area contributed by atoms with Crippen LogP contribution in [0.2, 0.25) is 0 Å². The second-order valence-corrected chi connectivity index (χ2v) is 12.3. The molecule has 4 aliphatic rings. The Hall–Kier alpha value is -0.540. The van der Waals surface area contributed by atoms with Gasteiger partial charge in [0.1, 0.15) is 24.4 Å². The summed E-state index contributed by atoms with van der Waals surface area (Å²) in [6, 6.07) is 0. The van der Waals surface area contributed by atoms with E-state index in [1.807, 2.05) is 6.08 Å². The number of aliphatic hydroxyl groups excluding tert-OH is 4. The standard InChI is InChI=1S/C26H44O7/c1-7-24(4)12-8-17-25(5,33-24)13-9-16-23(2,3)11-10-18(26(16,17)6)32-22-21(30)20(29)19(28)15(14-27)31-22/h7,15-22,27-30H,1,8-14H2,2-6H3/t15-,16-,17+,18+,19+,20+,21-,22+,24+,25+,26-/m1/s1. The van der Waals surface area contributed by atoms with Crippen LogP contribution in [0.1, 0.15) is 73.1 Å². The van der Waals surface area contributed by atoms with Crippen molar-refractivity contribution in [1.82, 2.24) is 0 Å². The highest BCUT2D eigenvalue weighted by molar-refractivity contribution is 5.15. The molecule has 2 saturated heterocycles. The van der Waals surface area contributed by atoms with Gasteiger partial charge in [-0.25, -0.2) is 0 Å². The molecular formula is C26H44O7. The Labute approximate surface area is 198 Å². The van der Waals surface area contributed by atoms with Gasteiger partial charge in [0.15, 0.2) is 6.29 Å². The third-order valence-corrected chi connectivity index (χ3v) is 9.83. The lowest BCUT2D eigenvalue weighted by atomic mass is 9.43. The number of rotatable bonds is 4. The molecule has 0 bridgehead atoms. The fourth-order valence-corrected chi connectivity index (χ4v) is 7.94. The second-order valence-electron chi connectivity index (χ2n) is 12.3. The third kappa shape index (κ3) is 4.02. The minimum atomic E-state index is -1.44. The molecule has 2 aliphatic carbocycles. The third-order valence-electron chi connectivity index (χ3n) is 9.83. The van der Waals surface area contributed by atoms with Gasteiger partial charge in [0.25, 0.3) is 0 Å². The van der Waals surface area contributed by atoms with E-state index in [2.05, 4.69) is 41.2 Å². The molecule has 2 saturated carbocycles. The summed E-state index contributed by atoms with van der Waals surface area (Å²) < 4.78 is 19.0. The molecule has 4 N–H and O–H groups in total. The molecule has 2 aliphatic heterocycles. The molecule has 7 heteroatoms. The summed E-state index contributed by atoms with van der Waals surface area (Å²) in [7, 11) is 0. The SMILES string of the molecule is C=C[C@@]1(C)CC[C@@H]2[C@]3(C)[C@@H](O[C@@H]4O[C@H](CO)[C@H](O)[C@H](O)[C@H]4O)CCC(C)(C)[C@H]3CC[C@]2(C)O1. The maximum absolute atomic E-state index is 10.6. The summed E-state index contributed by atoms with van der Waals surface area (Å²) in [5, 5.41) is 40.7. The zero-order valence-corrected chi connectivity index (χ0v) is 20.9. The van der Waals surface area contributed by atoms with Crippen LogP contribution in [0.4, 0.5) is 0 Å². The lowest BCUT2D eigenvalue weighted by Crippen LogP contribution is -2.68. The van der Waals surface area contributed by atoms with Gasteiger partial charge in [-0.1, -0.05) is 26.8 Å². The normalized spacial score (nSPS) is 54.2. The predicted molar refractivity (Wildman–Crippen MR) is 123 cm³/mol. The quantitative estimate of drug-likeness (QED) is 0.470. The van der Waals surface area contributed by atoms with Crippen molar-refractivity contribution < 1.29 is 34.6 Å². The summed E-state index contributed by atoms with van der Waals surface area (Å²) in [5.74, 6) is 0.662. The molecule has 0 aromatic rings. The van der Waals surface area contributed by atoms with Crippen molar-refractivity contribution in [2.24, 2.45) is 22.7 Å². The Bertz CT molecular complexity index is 740. The van der Waals surface area contributed by atoms with Crippen molar-refractivity contribution >= 4 is 0 Å². The van der Waals surface area contributed by atoms with Gasteiger partial charge in [0, 0.05) is 5.41 Å². The first kappa shape index (κ1) is 25.5. The largest absolute Gasteiger partial charge is 0.394 e. The molecular weight excluding hydrogens is 424 g/mol.